The van der Waals surface area contributed by atoms with Gasteiger partial charge in [0.25, 0.3) is 0 Å². The zero-order chi connectivity index (χ0) is 21.1. The van der Waals surface area contributed by atoms with E-state index in [1.807, 2.05) is 51.9 Å². The van der Waals surface area contributed by atoms with E-state index in [4.69, 9.17) is 11.6 Å². The van der Waals surface area contributed by atoms with Gasteiger partial charge < -0.3 is 4.90 Å². The first-order valence-electron chi connectivity index (χ1n) is 10.2. The van der Waals surface area contributed by atoms with Crippen molar-refractivity contribution in [2.75, 3.05) is 18.8 Å². The molecule has 0 unspecified atom stereocenters. The van der Waals surface area contributed by atoms with Gasteiger partial charge in [-0.3, -0.25) is 9.36 Å². The molecular weight excluding hydrogens is 416 g/mol. The van der Waals surface area contributed by atoms with Crippen LogP contribution >= 0.6 is 23.4 Å². The molecule has 2 heterocycles. The van der Waals surface area contributed by atoms with Crippen LogP contribution in [-0.4, -0.2) is 44.4 Å². The van der Waals surface area contributed by atoms with Crippen molar-refractivity contribution in [3.63, 3.8) is 0 Å². The molecule has 0 bridgehead atoms. The van der Waals surface area contributed by atoms with E-state index in [0.717, 1.165) is 42.7 Å². The van der Waals surface area contributed by atoms with Crippen molar-refractivity contribution in [1.82, 2.24) is 19.7 Å². The maximum absolute atomic E-state index is 12.8. The minimum Gasteiger partial charge on any atom is -0.342 e. The molecule has 0 radical (unpaired) electrons. The van der Waals surface area contributed by atoms with Crippen LogP contribution in [0.25, 0.3) is 17.1 Å². The first-order chi connectivity index (χ1) is 14.5. The first-order valence-corrected chi connectivity index (χ1v) is 11.6. The van der Waals surface area contributed by atoms with Gasteiger partial charge in [0, 0.05) is 18.7 Å². The third kappa shape index (κ3) is 4.40. The number of nitrogens with zero attached hydrogens (tertiary/aromatic N) is 4. The number of hydrogen-bond donors (Lipinski definition) is 0. The van der Waals surface area contributed by atoms with Crippen LogP contribution in [0, 0.1) is 12.8 Å². The molecule has 0 saturated carbocycles. The topological polar surface area (TPSA) is 51.0 Å². The van der Waals surface area contributed by atoms with E-state index < -0.39 is 0 Å². The first kappa shape index (κ1) is 20.9. The fraction of sp³-hybridized carbons (Fsp3) is 0.348. The molecule has 1 aliphatic heterocycles. The van der Waals surface area contributed by atoms with Gasteiger partial charge in [-0.05, 0) is 49.4 Å². The van der Waals surface area contributed by atoms with Gasteiger partial charge in [-0.25, -0.2) is 0 Å². The standard InChI is InChI=1S/C23H25ClN4OS/c1-16-11-13-27(14-12-16)21(29)15-30-23-26-25-22(18-8-4-5-9-19(18)24)28(23)20-10-6-3-7-17(20)2/h3-10,16H,11-15H2,1-2H3. The van der Waals surface area contributed by atoms with Crippen molar-refractivity contribution < 1.29 is 4.79 Å². The molecule has 4 rings (SSSR count). The van der Waals surface area contributed by atoms with E-state index in [0.29, 0.717) is 27.7 Å². The summed E-state index contributed by atoms with van der Waals surface area (Å²) in [5.74, 6) is 1.88. The zero-order valence-corrected chi connectivity index (χ0v) is 18.8. The Morgan fingerprint density at radius 2 is 1.80 bits per heavy atom. The number of aryl methyl sites for hydroxylation is 1. The molecule has 1 saturated heterocycles. The van der Waals surface area contributed by atoms with Gasteiger partial charge in [0.2, 0.25) is 5.91 Å². The Labute approximate surface area is 186 Å². The fourth-order valence-corrected chi connectivity index (χ4v) is 4.76. The van der Waals surface area contributed by atoms with Crippen molar-refractivity contribution in [2.45, 2.75) is 31.8 Å². The molecule has 1 amide bonds. The van der Waals surface area contributed by atoms with Gasteiger partial charge in [0.05, 0.1) is 16.5 Å². The van der Waals surface area contributed by atoms with E-state index in [-0.39, 0.29) is 5.91 Å². The van der Waals surface area contributed by atoms with Crippen molar-refractivity contribution in [3.8, 4) is 17.1 Å². The molecule has 1 aromatic heterocycles. The van der Waals surface area contributed by atoms with Crippen molar-refractivity contribution in [3.05, 3.63) is 59.1 Å². The number of amides is 1. The average molecular weight is 441 g/mol. The summed E-state index contributed by atoms with van der Waals surface area (Å²) in [5, 5.41) is 10.2. The summed E-state index contributed by atoms with van der Waals surface area (Å²) in [6, 6.07) is 15.7. The molecule has 1 aliphatic rings. The van der Waals surface area contributed by atoms with E-state index in [2.05, 4.69) is 30.1 Å². The van der Waals surface area contributed by atoms with Crippen LogP contribution in [0.4, 0.5) is 0 Å². The lowest BCUT2D eigenvalue weighted by Gasteiger charge is -2.30. The molecule has 3 aromatic rings. The summed E-state index contributed by atoms with van der Waals surface area (Å²) in [6.45, 7) is 5.99. The molecule has 5 nitrogen and oxygen atoms in total. The number of likely N-dealkylation sites (tertiary alicyclic amines) is 1. The van der Waals surface area contributed by atoms with E-state index in [1.165, 1.54) is 11.8 Å². The predicted octanol–water partition coefficient (Wildman–Crippen LogP) is 5.25. The van der Waals surface area contributed by atoms with Crippen LogP contribution in [0.2, 0.25) is 5.02 Å². The smallest absolute Gasteiger partial charge is 0.233 e. The Hall–Kier alpha value is -2.31. The minimum absolute atomic E-state index is 0.158. The molecular formula is C23H25ClN4OS. The molecule has 7 heteroatoms. The second-order valence-corrected chi connectivity index (χ2v) is 9.11. The highest BCUT2D eigenvalue weighted by atomic mass is 35.5. The quantitative estimate of drug-likeness (QED) is 0.508. The molecule has 156 valence electrons. The number of aromatic nitrogens is 3. The Bertz CT molecular complexity index is 1040. The van der Waals surface area contributed by atoms with Crippen LogP contribution in [0.15, 0.2) is 53.7 Å². The lowest BCUT2D eigenvalue weighted by Crippen LogP contribution is -2.38. The van der Waals surface area contributed by atoms with Gasteiger partial charge in [0.1, 0.15) is 0 Å². The molecule has 0 aliphatic carbocycles. The second-order valence-electron chi connectivity index (χ2n) is 7.76. The maximum Gasteiger partial charge on any atom is 0.233 e. The van der Waals surface area contributed by atoms with Gasteiger partial charge >= 0.3 is 0 Å². The minimum atomic E-state index is 0.158. The number of piperidine rings is 1. The van der Waals surface area contributed by atoms with Gasteiger partial charge in [-0.2, -0.15) is 0 Å². The Morgan fingerprint density at radius 3 is 2.53 bits per heavy atom. The monoisotopic (exact) mass is 440 g/mol. The van der Waals surface area contributed by atoms with E-state index in [1.54, 1.807) is 0 Å². The number of carbonyl (C=O) groups excluding carboxylic acids is 1. The molecule has 1 fully saturated rings. The highest BCUT2D eigenvalue weighted by molar-refractivity contribution is 7.99. The summed E-state index contributed by atoms with van der Waals surface area (Å²) >= 11 is 7.89. The molecule has 0 spiro atoms. The normalized spacial score (nSPS) is 14.8. The Balaban J connectivity index is 1.64. The molecule has 30 heavy (non-hydrogen) atoms. The highest BCUT2D eigenvalue weighted by Crippen LogP contribution is 2.33. The van der Waals surface area contributed by atoms with Crippen LogP contribution in [0.5, 0.6) is 0 Å². The zero-order valence-electron chi connectivity index (χ0n) is 17.2. The van der Waals surface area contributed by atoms with E-state index in [9.17, 15) is 4.79 Å². The van der Waals surface area contributed by atoms with Crippen molar-refractivity contribution >= 4 is 29.3 Å². The number of hydrogen-bond acceptors (Lipinski definition) is 4. The van der Waals surface area contributed by atoms with Crippen LogP contribution in [-0.2, 0) is 4.79 Å². The number of carbonyl (C=O) groups is 1. The average Bonchev–Trinajstić information content (AvgIpc) is 3.16. The second kappa shape index (κ2) is 9.23. The van der Waals surface area contributed by atoms with Gasteiger partial charge in [0.15, 0.2) is 11.0 Å². The number of rotatable bonds is 5. The number of halogens is 1. The highest BCUT2D eigenvalue weighted by Gasteiger charge is 2.23. The van der Waals surface area contributed by atoms with Crippen LogP contribution in [0.1, 0.15) is 25.3 Å². The summed E-state index contributed by atoms with van der Waals surface area (Å²) in [7, 11) is 0. The number of para-hydroxylation sites is 1. The lowest BCUT2D eigenvalue weighted by atomic mass is 9.99. The SMILES string of the molecule is Cc1ccccc1-n1c(SCC(=O)N2CCC(C)CC2)nnc1-c1ccccc1Cl. The molecule has 0 atom stereocenters. The third-order valence-corrected chi connectivity index (χ3v) is 6.81. The van der Waals surface area contributed by atoms with Gasteiger partial charge in [-0.1, -0.05) is 60.6 Å². The van der Waals surface area contributed by atoms with Crippen LogP contribution < -0.4 is 0 Å². The number of thioether (sulfide) groups is 1. The summed E-state index contributed by atoms with van der Waals surface area (Å²) in [4.78, 5) is 14.7. The summed E-state index contributed by atoms with van der Waals surface area (Å²) in [6.07, 6.45) is 2.15. The van der Waals surface area contributed by atoms with E-state index >= 15 is 0 Å². The predicted molar refractivity (Wildman–Crippen MR) is 122 cm³/mol. The van der Waals surface area contributed by atoms with Crippen molar-refractivity contribution in [1.29, 1.82) is 0 Å². The third-order valence-electron chi connectivity index (χ3n) is 5.57. The largest absolute Gasteiger partial charge is 0.342 e. The maximum atomic E-state index is 12.8. The Morgan fingerprint density at radius 1 is 1.10 bits per heavy atom. The van der Waals surface area contributed by atoms with Crippen LogP contribution in [0.3, 0.4) is 0 Å². The fourth-order valence-electron chi connectivity index (χ4n) is 3.69. The lowest BCUT2D eigenvalue weighted by molar-refractivity contribution is -0.129. The summed E-state index contributed by atoms with van der Waals surface area (Å²) in [5.41, 5.74) is 2.90. The molecule has 0 N–H and O–H groups in total. The van der Waals surface area contributed by atoms with Gasteiger partial charge in [-0.15, -0.1) is 10.2 Å². The summed E-state index contributed by atoms with van der Waals surface area (Å²) < 4.78 is 2.01. The number of benzene rings is 2. The Kier molecular flexibility index (Phi) is 6.44. The molecule has 2 aromatic carbocycles. The van der Waals surface area contributed by atoms with Crippen molar-refractivity contribution in [2.24, 2.45) is 5.92 Å².